The first-order chi connectivity index (χ1) is 10.8. The van der Waals surface area contributed by atoms with E-state index in [1.54, 1.807) is 6.92 Å². The van der Waals surface area contributed by atoms with Crippen molar-refractivity contribution in [3.05, 3.63) is 23.4 Å². The van der Waals surface area contributed by atoms with Crippen molar-refractivity contribution in [2.75, 3.05) is 7.05 Å². The van der Waals surface area contributed by atoms with Crippen LogP contribution in [0.4, 0.5) is 18.0 Å². The minimum absolute atomic E-state index is 0.00905. The summed E-state index contributed by atoms with van der Waals surface area (Å²) in [5.41, 5.74) is -2.47. The fourth-order valence-electron chi connectivity index (χ4n) is 2.39. The molecule has 1 saturated heterocycles. The Kier molecular flexibility index (Phi) is 5.92. The lowest BCUT2D eigenvalue weighted by Gasteiger charge is -2.45. The maximum Gasteiger partial charge on any atom is 0.427 e. The van der Waals surface area contributed by atoms with Crippen molar-refractivity contribution in [3.8, 4) is 11.8 Å². The van der Waals surface area contributed by atoms with Crippen LogP contribution >= 0.6 is 0 Å². The Bertz CT molecular complexity index is 577. The summed E-state index contributed by atoms with van der Waals surface area (Å²) in [7, 11) is 1.13. The molecular weight excluding hydrogens is 305 g/mol. The lowest BCUT2D eigenvalue weighted by Crippen LogP contribution is -2.66. The molecule has 2 amide bonds. The van der Waals surface area contributed by atoms with E-state index in [-0.39, 0.29) is 17.2 Å². The second-order valence-electron chi connectivity index (χ2n) is 5.15. The minimum atomic E-state index is -4.68. The zero-order valence-corrected chi connectivity index (χ0v) is 14.1. The number of allylic oxidation sites excluding steroid dienone is 2. The molecule has 0 spiro atoms. The van der Waals surface area contributed by atoms with Gasteiger partial charge in [0.15, 0.2) is 0 Å². The molecule has 6 heteroatoms. The van der Waals surface area contributed by atoms with Crippen LogP contribution in [-0.2, 0) is 0 Å². The Balaban J connectivity index is 0.00000127. The number of amides is 2. The molecule has 1 unspecified atom stereocenters. The van der Waals surface area contributed by atoms with Gasteiger partial charge < -0.3 is 5.32 Å². The fraction of sp³-hybridized carbons (Fsp3) is 0.588. The van der Waals surface area contributed by atoms with Crippen LogP contribution in [0.3, 0.4) is 0 Å². The standard InChI is InChI=1S/C15H17F3N2O.C2H6/c1-4-11-12(5-2)19-13(21)20(3)14(11,15(16,17)18)9-8-10-6-7-10;1-2/h4-5,10H,6-7H2,1-3H3,(H,19,21);1-2H3/b11-4+,12-5+;. The molecule has 1 heterocycles. The van der Waals surface area contributed by atoms with E-state index in [2.05, 4.69) is 17.2 Å². The maximum absolute atomic E-state index is 13.8. The second-order valence-corrected chi connectivity index (χ2v) is 5.15. The summed E-state index contributed by atoms with van der Waals surface area (Å²) in [5, 5.41) is 2.46. The topological polar surface area (TPSA) is 32.3 Å². The number of urea groups is 1. The molecule has 0 bridgehead atoms. The first-order valence-electron chi connectivity index (χ1n) is 7.75. The van der Waals surface area contributed by atoms with Crippen LogP contribution in [0.5, 0.6) is 0 Å². The van der Waals surface area contributed by atoms with E-state index in [0.29, 0.717) is 4.90 Å². The Labute approximate surface area is 135 Å². The fourth-order valence-corrected chi connectivity index (χ4v) is 2.39. The third-order valence-corrected chi connectivity index (χ3v) is 3.75. The highest BCUT2D eigenvalue weighted by atomic mass is 19.4. The second kappa shape index (κ2) is 7.12. The average molecular weight is 328 g/mol. The third-order valence-electron chi connectivity index (χ3n) is 3.75. The van der Waals surface area contributed by atoms with Crippen molar-refractivity contribution in [2.24, 2.45) is 5.92 Å². The molecule has 2 fully saturated rings. The molecule has 128 valence electrons. The summed E-state index contributed by atoms with van der Waals surface area (Å²) in [6.07, 6.45) is -0.228. The van der Waals surface area contributed by atoms with E-state index in [9.17, 15) is 18.0 Å². The third kappa shape index (κ3) is 3.39. The van der Waals surface area contributed by atoms with E-state index in [1.165, 1.54) is 19.1 Å². The van der Waals surface area contributed by atoms with Crippen molar-refractivity contribution >= 4 is 6.03 Å². The van der Waals surface area contributed by atoms with E-state index < -0.39 is 17.7 Å². The van der Waals surface area contributed by atoms with Gasteiger partial charge in [0, 0.05) is 24.2 Å². The number of rotatable bonds is 0. The summed E-state index contributed by atoms with van der Waals surface area (Å²) in [5.74, 6) is 5.05. The molecule has 1 atom stereocenters. The highest BCUT2D eigenvalue weighted by Gasteiger charge is 2.63. The van der Waals surface area contributed by atoms with E-state index >= 15 is 0 Å². The van der Waals surface area contributed by atoms with Gasteiger partial charge in [-0.05, 0) is 26.7 Å². The summed E-state index contributed by atoms with van der Waals surface area (Å²) < 4.78 is 41.5. The number of hydrogen-bond acceptors (Lipinski definition) is 1. The van der Waals surface area contributed by atoms with Crippen LogP contribution in [0.2, 0.25) is 0 Å². The zero-order chi connectivity index (χ0) is 17.8. The van der Waals surface area contributed by atoms with Crippen molar-refractivity contribution in [3.63, 3.8) is 0 Å². The normalized spacial score (nSPS) is 27.8. The number of likely N-dealkylation sites (N-methyl/N-ethyl adjacent to an activating group) is 1. The highest BCUT2D eigenvalue weighted by Crippen LogP contribution is 2.45. The Morgan fingerprint density at radius 3 is 2.22 bits per heavy atom. The van der Waals surface area contributed by atoms with Gasteiger partial charge in [-0.15, -0.1) is 0 Å². The van der Waals surface area contributed by atoms with Crippen LogP contribution in [0.25, 0.3) is 0 Å². The Hall–Kier alpha value is -1.90. The SMILES string of the molecule is C/C=C1/NC(=O)N(C)C(C#CC2CC2)(C(F)(F)F)/C1=C/C.CC. The molecule has 1 saturated carbocycles. The highest BCUT2D eigenvalue weighted by molar-refractivity contribution is 5.83. The number of carbonyl (C=O) groups is 1. The molecule has 0 aromatic rings. The number of nitrogens with zero attached hydrogens (tertiary/aromatic N) is 1. The van der Waals surface area contributed by atoms with Crippen molar-refractivity contribution in [1.29, 1.82) is 0 Å². The molecule has 3 nitrogen and oxygen atoms in total. The number of alkyl halides is 3. The Morgan fingerprint density at radius 1 is 1.26 bits per heavy atom. The molecule has 1 aliphatic carbocycles. The van der Waals surface area contributed by atoms with Gasteiger partial charge in [0.1, 0.15) is 0 Å². The molecule has 0 aromatic carbocycles. The molecule has 0 aromatic heterocycles. The predicted octanol–water partition coefficient (Wildman–Crippen LogP) is 4.23. The van der Waals surface area contributed by atoms with Gasteiger partial charge in [-0.2, -0.15) is 13.2 Å². The van der Waals surface area contributed by atoms with E-state index in [1.807, 2.05) is 13.8 Å². The smallest absolute Gasteiger partial charge is 0.308 e. The molecule has 1 N–H and O–H groups in total. The molecule has 0 radical (unpaired) electrons. The molecule has 1 aliphatic heterocycles. The van der Waals surface area contributed by atoms with Gasteiger partial charge in [-0.3, -0.25) is 4.90 Å². The van der Waals surface area contributed by atoms with Gasteiger partial charge in [0.05, 0.1) is 0 Å². The van der Waals surface area contributed by atoms with Gasteiger partial charge in [-0.25, -0.2) is 4.79 Å². The first kappa shape index (κ1) is 19.1. The van der Waals surface area contributed by atoms with Gasteiger partial charge >= 0.3 is 12.2 Å². The molecular formula is C17H23F3N2O. The summed E-state index contributed by atoms with van der Waals surface area (Å²) in [6.45, 7) is 7.10. The lowest BCUT2D eigenvalue weighted by atomic mass is 9.83. The average Bonchev–Trinajstić information content (AvgIpc) is 3.33. The Morgan fingerprint density at radius 2 is 1.83 bits per heavy atom. The van der Waals surface area contributed by atoms with Crippen LogP contribution < -0.4 is 5.32 Å². The van der Waals surface area contributed by atoms with Gasteiger partial charge in [0.2, 0.25) is 5.54 Å². The monoisotopic (exact) mass is 328 g/mol. The van der Waals surface area contributed by atoms with Crippen LogP contribution in [0.15, 0.2) is 23.4 Å². The van der Waals surface area contributed by atoms with Crippen LogP contribution in [-0.4, -0.2) is 29.7 Å². The first-order valence-corrected chi connectivity index (χ1v) is 7.75. The minimum Gasteiger partial charge on any atom is -0.308 e. The summed E-state index contributed by atoms with van der Waals surface area (Å²) in [6, 6.07) is -0.809. The van der Waals surface area contributed by atoms with E-state index in [0.717, 1.165) is 19.9 Å². The zero-order valence-electron chi connectivity index (χ0n) is 14.1. The predicted molar refractivity (Wildman–Crippen MR) is 84.4 cm³/mol. The van der Waals surface area contributed by atoms with Gasteiger partial charge in [0.25, 0.3) is 0 Å². The van der Waals surface area contributed by atoms with Crippen molar-refractivity contribution in [1.82, 2.24) is 10.2 Å². The maximum atomic E-state index is 13.8. The number of carbonyl (C=O) groups excluding carboxylic acids is 1. The summed E-state index contributed by atoms with van der Waals surface area (Å²) in [4.78, 5) is 12.6. The van der Waals surface area contributed by atoms with Crippen LogP contribution in [0, 0.1) is 17.8 Å². The molecule has 2 aliphatic rings. The van der Waals surface area contributed by atoms with Crippen molar-refractivity contribution in [2.45, 2.75) is 52.3 Å². The number of halogens is 3. The van der Waals surface area contributed by atoms with Gasteiger partial charge in [-0.1, -0.05) is 37.8 Å². The number of nitrogens with one attached hydrogen (secondary N) is 1. The van der Waals surface area contributed by atoms with E-state index in [4.69, 9.17) is 0 Å². The largest absolute Gasteiger partial charge is 0.427 e. The summed E-state index contributed by atoms with van der Waals surface area (Å²) >= 11 is 0. The lowest BCUT2D eigenvalue weighted by molar-refractivity contribution is -0.188. The van der Waals surface area contributed by atoms with Crippen LogP contribution in [0.1, 0.15) is 40.5 Å². The van der Waals surface area contributed by atoms with Crippen molar-refractivity contribution < 1.29 is 18.0 Å². The molecule has 2 rings (SSSR count). The molecule has 23 heavy (non-hydrogen) atoms. The number of hydrogen-bond donors (Lipinski definition) is 1. The quantitative estimate of drug-likeness (QED) is 0.663.